The Morgan fingerprint density at radius 2 is 1.91 bits per heavy atom. The average Bonchev–Trinajstić information content (AvgIpc) is 2.56. The van der Waals surface area contributed by atoms with Crippen LogP contribution < -0.4 is 10.1 Å². The lowest BCUT2D eigenvalue weighted by atomic mass is 10.1. The van der Waals surface area contributed by atoms with E-state index in [9.17, 15) is 4.79 Å². The van der Waals surface area contributed by atoms with Gasteiger partial charge in [0.05, 0.1) is 12.7 Å². The fourth-order valence-electron chi connectivity index (χ4n) is 2.50. The molecule has 2 aromatic carbocycles. The lowest BCUT2D eigenvalue weighted by Crippen LogP contribution is -2.35. The van der Waals surface area contributed by atoms with Crippen molar-refractivity contribution in [2.75, 3.05) is 32.1 Å². The van der Waals surface area contributed by atoms with E-state index in [1.165, 1.54) is 0 Å². The number of nitrogens with one attached hydrogen (secondary N) is 1. The number of rotatable bonds is 3. The van der Waals surface area contributed by atoms with Gasteiger partial charge in [-0.1, -0.05) is 30.3 Å². The van der Waals surface area contributed by atoms with Crippen molar-refractivity contribution >= 4 is 11.8 Å². The zero-order valence-electron chi connectivity index (χ0n) is 13.1. The number of carbonyl (C=O) groups is 1. The van der Waals surface area contributed by atoms with E-state index in [-0.39, 0.29) is 6.10 Å². The van der Waals surface area contributed by atoms with Gasteiger partial charge in [0, 0.05) is 18.8 Å². The first-order chi connectivity index (χ1) is 11.2. The van der Waals surface area contributed by atoms with E-state index in [4.69, 9.17) is 9.47 Å². The zero-order chi connectivity index (χ0) is 16.1. The van der Waals surface area contributed by atoms with Gasteiger partial charge in [-0.2, -0.15) is 0 Å². The van der Waals surface area contributed by atoms with Crippen molar-refractivity contribution in [3.8, 4) is 5.75 Å². The molecule has 1 fully saturated rings. The third kappa shape index (κ3) is 4.31. The van der Waals surface area contributed by atoms with E-state index in [0.717, 1.165) is 25.3 Å². The second-order valence-electron chi connectivity index (χ2n) is 5.57. The van der Waals surface area contributed by atoms with E-state index in [1.54, 1.807) is 12.1 Å². The van der Waals surface area contributed by atoms with E-state index >= 15 is 0 Å². The van der Waals surface area contributed by atoms with E-state index in [0.29, 0.717) is 11.4 Å². The third-order valence-corrected chi connectivity index (χ3v) is 3.75. The molecule has 120 valence electrons. The molecular weight excluding hydrogens is 292 g/mol. The van der Waals surface area contributed by atoms with Crippen LogP contribution in [-0.4, -0.2) is 37.7 Å². The fraction of sp³-hybridized carbons (Fsp3) is 0.278. The van der Waals surface area contributed by atoms with Crippen LogP contribution in [0, 0.1) is 0 Å². The smallest absolute Gasteiger partial charge is 0.410 e. The van der Waals surface area contributed by atoms with Gasteiger partial charge in [0.2, 0.25) is 0 Å². The predicted molar refractivity (Wildman–Crippen MR) is 88.7 cm³/mol. The van der Waals surface area contributed by atoms with Crippen molar-refractivity contribution in [2.24, 2.45) is 0 Å². The second kappa shape index (κ2) is 7.26. The Labute approximate surface area is 135 Å². The molecule has 0 radical (unpaired) electrons. The van der Waals surface area contributed by atoms with Crippen LogP contribution >= 0.6 is 0 Å². The standard InChI is InChI=1S/C18H20N2O3/c1-20-11-12-22-17(13-20)14-7-9-15(10-8-14)19-18(21)23-16-5-3-2-4-6-16/h2-10,17H,11-13H2,1H3,(H,19,21). The maximum absolute atomic E-state index is 11.8. The van der Waals surface area contributed by atoms with Gasteiger partial charge in [0.25, 0.3) is 0 Å². The van der Waals surface area contributed by atoms with E-state index < -0.39 is 6.09 Å². The number of nitrogens with zero attached hydrogens (tertiary/aromatic N) is 1. The molecule has 1 atom stereocenters. The molecule has 0 aromatic heterocycles. The molecule has 1 amide bonds. The van der Waals surface area contributed by atoms with Gasteiger partial charge in [0.1, 0.15) is 5.75 Å². The van der Waals surface area contributed by atoms with Gasteiger partial charge in [-0.25, -0.2) is 4.79 Å². The number of ether oxygens (including phenoxy) is 2. The minimum atomic E-state index is -0.502. The Hall–Kier alpha value is -2.37. The molecule has 1 heterocycles. The molecule has 2 aromatic rings. The van der Waals surface area contributed by atoms with E-state index in [2.05, 4.69) is 17.3 Å². The third-order valence-electron chi connectivity index (χ3n) is 3.75. The molecule has 5 nitrogen and oxygen atoms in total. The Balaban J connectivity index is 1.58. The summed E-state index contributed by atoms with van der Waals surface area (Å²) in [6, 6.07) is 16.6. The highest BCUT2D eigenvalue weighted by Crippen LogP contribution is 2.23. The number of carbonyl (C=O) groups excluding carboxylic acids is 1. The lowest BCUT2D eigenvalue weighted by molar-refractivity contribution is -0.0208. The summed E-state index contributed by atoms with van der Waals surface area (Å²) in [5.41, 5.74) is 1.80. The number of amides is 1. The second-order valence-corrected chi connectivity index (χ2v) is 5.57. The van der Waals surface area contributed by atoms with Crippen LogP contribution in [0.4, 0.5) is 10.5 Å². The van der Waals surface area contributed by atoms with Crippen LogP contribution in [-0.2, 0) is 4.74 Å². The first kappa shape index (κ1) is 15.5. The quantitative estimate of drug-likeness (QED) is 0.945. The molecule has 5 heteroatoms. The lowest BCUT2D eigenvalue weighted by Gasteiger charge is -2.30. The topological polar surface area (TPSA) is 50.8 Å². The number of hydrogen-bond donors (Lipinski definition) is 1. The average molecular weight is 312 g/mol. The number of anilines is 1. The molecule has 0 aliphatic carbocycles. The molecule has 1 N–H and O–H groups in total. The SMILES string of the molecule is CN1CCOC(c2ccc(NC(=O)Oc3ccccc3)cc2)C1. The van der Waals surface area contributed by atoms with Crippen LogP contribution in [0.25, 0.3) is 0 Å². The summed E-state index contributed by atoms with van der Waals surface area (Å²) in [6.07, 6.45) is -0.420. The molecule has 0 saturated carbocycles. The summed E-state index contributed by atoms with van der Waals surface area (Å²) in [5, 5.41) is 2.72. The van der Waals surface area contributed by atoms with Gasteiger partial charge in [-0.05, 0) is 36.9 Å². The molecule has 1 unspecified atom stereocenters. The molecule has 1 aliphatic rings. The Kier molecular flexibility index (Phi) is 4.90. The van der Waals surface area contributed by atoms with Crippen molar-refractivity contribution in [1.29, 1.82) is 0 Å². The maximum Gasteiger partial charge on any atom is 0.417 e. The molecular formula is C18H20N2O3. The maximum atomic E-state index is 11.8. The summed E-state index contributed by atoms with van der Waals surface area (Å²) < 4.78 is 11.0. The van der Waals surface area contributed by atoms with Gasteiger partial charge in [-0.15, -0.1) is 0 Å². The normalized spacial score (nSPS) is 18.4. The molecule has 1 saturated heterocycles. The molecule has 3 rings (SSSR count). The van der Waals surface area contributed by atoms with Gasteiger partial charge in [-0.3, -0.25) is 5.32 Å². The summed E-state index contributed by atoms with van der Waals surface area (Å²) in [6.45, 7) is 2.58. The summed E-state index contributed by atoms with van der Waals surface area (Å²) in [4.78, 5) is 14.1. The monoisotopic (exact) mass is 312 g/mol. The van der Waals surface area contributed by atoms with Crippen LogP contribution in [0.5, 0.6) is 5.75 Å². The Morgan fingerprint density at radius 3 is 2.61 bits per heavy atom. The first-order valence-electron chi connectivity index (χ1n) is 7.65. The largest absolute Gasteiger partial charge is 0.417 e. The van der Waals surface area contributed by atoms with Crippen LogP contribution in [0.1, 0.15) is 11.7 Å². The first-order valence-corrected chi connectivity index (χ1v) is 7.65. The minimum absolute atomic E-state index is 0.0825. The van der Waals surface area contributed by atoms with Crippen molar-refractivity contribution in [1.82, 2.24) is 4.90 Å². The van der Waals surface area contributed by atoms with Crippen LogP contribution in [0.2, 0.25) is 0 Å². The summed E-state index contributed by atoms with van der Waals surface area (Å²) in [5.74, 6) is 0.514. The molecule has 23 heavy (non-hydrogen) atoms. The number of morpholine rings is 1. The summed E-state index contributed by atoms with van der Waals surface area (Å²) >= 11 is 0. The number of likely N-dealkylation sites (N-methyl/N-ethyl adjacent to an activating group) is 1. The van der Waals surface area contributed by atoms with Crippen molar-refractivity contribution in [3.05, 3.63) is 60.2 Å². The highest BCUT2D eigenvalue weighted by Gasteiger charge is 2.19. The number of para-hydroxylation sites is 1. The van der Waals surface area contributed by atoms with Crippen molar-refractivity contribution in [3.63, 3.8) is 0 Å². The highest BCUT2D eigenvalue weighted by molar-refractivity contribution is 5.86. The zero-order valence-corrected chi connectivity index (χ0v) is 13.1. The van der Waals surface area contributed by atoms with Crippen molar-refractivity contribution in [2.45, 2.75) is 6.10 Å². The van der Waals surface area contributed by atoms with Gasteiger partial charge >= 0.3 is 6.09 Å². The van der Waals surface area contributed by atoms with Gasteiger partial charge < -0.3 is 14.4 Å². The van der Waals surface area contributed by atoms with Gasteiger partial charge in [0.15, 0.2) is 0 Å². The number of benzene rings is 2. The Morgan fingerprint density at radius 1 is 1.17 bits per heavy atom. The fourth-order valence-corrected chi connectivity index (χ4v) is 2.50. The van der Waals surface area contributed by atoms with E-state index in [1.807, 2.05) is 42.5 Å². The van der Waals surface area contributed by atoms with Crippen LogP contribution in [0.3, 0.4) is 0 Å². The predicted octanol–water partition coefficient (Wildman–Crippen LogP) is 3.30. The summed E-state index contributed by atoms with van der Waals surface area (Å²) in [7, 11) is 2.09. The number of hydrogen-bond acceptors (Lipinski definition) is 4. The Bertz CT molecular complexity index is 643. The molecule has 0 spiro atoms. The minimum Gasteiger partial charge on any atom is -0.410 e. The highest BCUT2D eigenvalue weighted by atomic mass is 16.6. The van der Waals surface area contributed by atoms with Crippen LogP contribution in [0.15, 0.2) is 54.6 Å². The molecule has 0 bridgehead atoms. The molecule has 1 aliphatic heterocycles. The van der Waals surface area contributed by atoms with Crippen molar-refractivity contribution < 1.29 is 14.3 Å².